The minimum atomic E-state index is -1.63. The second kappa shape index (κ2) is 7.39. The number of ether oxygens (including phenoxy) is 4. The summed E-state index contributed by atoms with van der Waals surface area (Å²) in [5.41, 5.74) is 0. The number of hydrogen-bond donors (Lipinski definition) is 6. The number of aliphatic imine (C=N–C) groups is 1. The van der Waals surface area contributed by atoms with Crippen molar-refractivity contribution >= 4 is 5.90 Å². The average molecular weight is 365 g/mol. The predicted molar refractivity (Wildman–Crippen MR) is 78.4 cm³/mol. The molecule has 6 N–H and O–H groups in total. The molecule has 0 aliphatic carbocycles. The highest BCUT2D eigenvalue weighted by molar-refractivity contribution is 5.75. The summed E-state index contributed by atoms with van der Waals surface area (Å²) in [6.07, 6.45) is -11.6. The largest absolute Gasteiger partial charge is 0.450 e. The molecule has 0 aromatic rings. The maximum Gasteiger partial charge on any atom is 0.227 e. The van der Waals surface area contributed by atoms with Gasteiger partial charge in [0.1, 0.15) is 48.8 Å². The molecule has 0 bridgehead atoms. The highest BCUT2D eigenvalue weighted by Crippen LogP contribution is 2.32. The van der Waals surface area contributed by atoms with Gasteiger partial charge in [0.15, 0.2) is 12.2 Å². The van der Waals surface area contributed by atoms with Gasteiger partial charge < -0.3 is 49.6 Å². The van der Waals surface area contributed by atoms with Crippen LogP contribution < -0.4 is 0 Å². The van der Waals surface area contributed by atoms with Crippen LogP contribution in [-0.2, 0) is 18.9 Å². The third-order valence-electron chi connectivity index (χ3n) is 4.58. The second-order valence-electron chi connectivity index (χ2n) is 6.27. The molecule has 3 aliphatic rings. The molecular formula is C14H23NO10. The lowest BCUT2D eigenvalue weighted by Crippen LogP contribution is -2.63. The second-order valence-corrected chi connectivity index (χ2v) is 6.27. The van der Waals surface area contributed by atoms with Crippen molar-refractivity contribution in [3.05, 3.63) is 0 Å². The van der Waals surface area contributed by atoms with Crippen molar-refractivity contribution < 1.29 is 49.6 Å². The summed E-state index contributed by atoms with van der Waals surface area (Å²) < 4.78 is 21.6. The van der Waals surface area contributed by atoms with Crippen molar-refractivity contribution in [2.45, 2.75) is 68.3 Å². The van der Waals surface area contributed by atoms with Crippen LogP contribution in [0.15, 0.2) is 4.99 Å². The first-order chi connectivity index (χ1) is 11.9. The number of aliphatic hydroxyl groups excluding tert-OH is 6. The van der Waals surface area contributed by atoms with Gasteiger partial charge in [-0.2, -0.15) is 0 Å². The van der Waals surface area contributed by atoms with Gasteiger partial charge >= 0.3 is 0 Å². The summed E-state index contributed by atoms with van der Waals surface area (Å²) in [4.78, 5) is 4.11. The standard InChI is InChI=1S/C14H23NO10/c1-4-15-7-9(19)12(6(3-17)24-13(7)22-4)25-14-11(21)10(20)8(18)5(2-16)23-14/h5-14,16-21H,2-3H2,1H3/t5?,6?,7?,8-,9?,10?,11?,12+,13-,14-/m0/s1. The molecule has 144 valence electrons. The smallest absolute Gasteiger partial charge is 0.227 e. The minimum absolute atomic E-state index is 0.319. The molecule has 0 saturated carbocycles. The Kier molecular flexibility index (Phi) is 5.58. The van der Waals surface area contributed by atoms with Crippen LogP contribution in [0, 0.1) is 0 Å². The van der Waals surface area contributed by atoms with Gasteiger partial charge in [0.2, 0.25) is 6.29 Å². The first-order valence-corrected chi connectivity index (χ1v) is 7.98. The van der Waals surface area contributed by atoms with E-state index in [0.717, 1.165) is 0 Å². The summed E-state index contributed by atoms with van der Waals surface area (Å²) >= 11 is 0. The topological polar surface area (TPSA) is 171 Å². The van der Waals surface area contributed by atoms with Crippen LogP contribution in [0.1, 0.15) is 6.92 Å². The molecule has 0 spiro atoms. The van der Waals surface area contributed by atoms with Crippen LogP contribution in [0.4, 0.5) is 0 Å². The Labute approximate surface area is 143 Å². The van der Waals surface area contributed by atoms with Gasteiger partial charge in [0.05, 0.1) is 13.2 Å². The van der Waals surface area contributed by atoms with E-state index in [1.165, 1.54) is 0 Å². The van der Waals surface area contributed by atoms with Gasteiger partial charge in [-0.3, -0.25) is 0 Å². The maximum absolute atomic E-state index is 10.5. The van der Waals surface area contributed by atoms with E-state index in [1.54, 1.807) is 6.92 Å². The van der Waals surface area contributed by atoms with E-state index in [2.05, 4.69) is 4.99 Å². The zero-order valence-electron chi connectivity index (χ0n) is 13.5. The fourth-order valence-corrected chi connectivity index (χ4v) is 3.20. The normalized spacial score (nSPS) is 50.1. The summed E-state index contributed by atoms with van der Waals surface area (Å²) in [5, 5.41) is 58.9. The third-order valence-corrected chi connectivity index (χ3v) is 4.58. The molecule has 11 heteroatoms. The first-order valence-electron chi connectivity index (χ1n) is 7.98. The molecule has 0 amide bonds. The molecule has 25 heavy (non-hydrogen) atoms. The van der Waals surface area contributed by atoms with Crippen molar-refractivity contribution in [2.75, 3.05) is 13.2 Å². The molecule has 6 unspecified atom stereocenters. The first kappa shape index (κ1) is 18.9. The number of nitrogens with zero attached hydrogens (tertiary/aromatic N) is 1. The van der Waals surface area contributed by atoms with Crippen molar-refractivity contribution in [3.8, 4) is 0 Å². The number of rotatable bonds is 4. The third kappa shape index (κ3) is 3.39. The maximum atomic E-state index is 10.5. The van der Waals surface area contributed by atoms with E-state index in [9.17, 15) is 30.6 Å². The van der Waals surface area contributed by atoms with E-state index < -0.39 is 74.6 Å². The van der Waals surface area contributed by atoms with E-state index in [1.807, 2.05) is 0 Å². The molecule has 3 rings (SSSR count). The van der Waals surface area contributed by atoms with Crippen LogP contribution in [0.25, 0.3) is 0 Å². The fraction of sp³-hybridized carbons (Fsp3) is 0.929. The van der Waals surface area contributed by atoms with Gasteiger partial charge in [0, 0.05) is 6.92 Å². The zero-order valence-corrected chi connectivity index (χ0v) is 13.5. The molecule has 3 heterocycles. The van der Waals surface area contributed by atoms with Crippen molar-refractivity contribution in [1.29, 1.82) is 0 Å². The average Bonchev–Trinajstić information content (AvgIpc) is 2.97. The summed E-state index contributed by atoms with van der Waals surface area (Å²) in [6, 6.07) is -0.780. The van der Waals surface area contributed by atoms with Crippen LogP contribution in [0.3, 0.4) is 0 Å². The van der Waals surface area contributed by atoms with Crippen LogP contribution in [-0.4, -0.2) is 111 Å². The Morgan fingerprint density at radius 3 is 2.24 bits per heavy atom. The number of aliphatic hydroxyl groups is 6. The molecule has 11 nitrogen and oxygen atoms in total. The highest BCUT2D eigenvalue weighted by Gasteiger charge is 2.52. The van der Waals surface area contributed by atoms with E-state index in [0.29, 0.717) is 5.90 Å². The zero-order chi connectivity index (χ0) is 18.3. The molecular weight excluding hydrogens is 342 g/mol. The van der Waals surface area contributed by atoms with Gasteiger partial charge in [0.25, 0.3) is 0 Å². The number of fused-ring (bicyclic) bond motifs is 1. The highest BCUT2D eigenvalue weighted by atomic mass is 16.7. The van der Waals surface area contributed by atoms with Crippen LogP contribution >= 0.6 is 0 Å². The summed E-state index contributed by atoms with van der Waals surface area (Å²) in [7, 11) is 0. The summed E-state index contributed by atoms with van der Waals surface area (Å²) in [5.74, 6) is 0.319. The van der Waals surface area contributed by atoms with E-state index in [4.69, 9.17) is 18.9 Å². The molecule has 0 radical (unpaired) electrons. The Bertz CT molecular complexity index is 502. The van der Waals surface area contributed by atoms with Crippen molar-refractivity contribution in [3.63, 3.8) is 0 Å². The summed E-state index contributed by atoms with van der Waals surface area (Å²) in [6.45, 7) is 0.473. The Morgan fingerprint density at radius 2 is 1.60 bits per heavy atom. The van der Waals surface area contributed by atoms with Gasteiger partial charge in [-0.25, -0.2) is 4.99 Å². The molecule has 10 atom stereocenters. The lowest BCUT2D eigenvalue weighted by atomic mass is 9.96. The monoisotopic (exact) mass is 365 g/mol. The van der Waals surface area contributed by atoms with E-state index in [-0.39, 0.29) is 0 Å². The molecule has 0 aromatic carbocycles. The van der Waals surface area contributed by atoms with Gasteiger partial charge in [-0.05, 0) is 0 Å². The molecule has 3 aliphatic heterocycles. The molecule has 2 saturated heterocycles. The molecule has 2 fully saturated rings. The Hall–Kier alpha value is -0.890. The van der Waals surface area contributed by atoms with E-state index >= 15 is 0 Å². The Morgan fingerprint density at radius 1 is 0.920 bits per heavy atom. The predicted octanol–water partition coefficient (Wildman–Crippen LogP) is -3.93. The fourth-order valence-electron chi connectivity index (χ4n) is 3.20. The van der Waals surface area contributed by atoms with Crippen LogP contribution in [0.5, 0.6) is 0 Å². The molecule has 0 aromatic heterocycles. The van der Waals surface area contributed by atoms with Crippen LogP contribution in [0.2, 0.25) is 0 Å². The van der Waals surface area contributed by atoms with Crippen molar-refractivity contribution in [2.24, 2.45) is 4.99 Å². The van der Waals surface area contributed by atoms with Gasteiger partial charge in [-0.1, -0.05) is 0 Å². The number of hydrogen-bond acceptors (Lipinski definition) is 11. The lowest BCUT2D eigenvalue weighted by Gasteiger charge is -2.44. The minimum Gasteiger partial charge on any atom is -0.450 e. The quantitative estimate of drug-likeness (QED) is 0.289. The van der Waals surface area contributed by atoms with Gasteiger partial charge in [-0.15, -0.1) is 0 Å². The lowest BCUT2D eigenvalue weighted by molar-refractivity contribution is -0.341. The SMILES string of the molecule is CC1=NC2C(O)[C@H](O[C@@H]3OC(CO)[C@H](O)C(O)C3O)C(CO)O[C@@H]2O1. The van der Waals surface area contributed by atoms with Crippen molar-refractivity contribution in [1.82, 2.24) is 0 Å². The Balaban J connectivity index is 1.75.